The predicted octanol–water partition coefficient (Wildman–Crippen LogP) is 4.56. The van der Waals surface area contributed by atoms with Crippen molar-refractivity contribution < 1.29 is 4.79 Å². The van der Waals surface area contributed by atoms with E-state index >= 15 is 0 Å². The molecule has 2 aromatic heterocycles. The van der Waals surface area contributed by atoms with E-state index in [2.05, 4.69) is 65.5 Å². The minimum atomic E-state index is -0.181. The van der Waals surface area contributed by atoms with Gasteiger partial charge in [-0.25, -0.2) is 4.98 Å². The number of nitrogens with zero attached hydrogens (tertiary/aromatic N) is 4. The molecule has 1 aromatic carbocycles. The van der Waals surface area contributed by atoms with Crippen molar-refractivity contribution in [2.24, 2.45) is 7.05 Å². The molecule has 28 heavy (non-hydrogen) atoms. The minimum absolute atomic E-state index is 0.101. The zero-order chi connectivity index (χ0) is 20.3. The molecule has 0 saturated carbocycles. The van der Waals surface area contributed by atoms with Gasteiger partial charge in [0.2, 0.25) is 5.91 Å². The van der Waals surface area contributed by atoms with E-state index in [0.29, 0.717) is 10.8 Å². The molecule has 0 saturated heterocycles. The van der Waals surface area contributed by atoms with Crippen LogP contribution < -0.4 is 5.32 Å². The van der Waals surface area contributed by atoms with Gasteiger partial charge in [0.1, 0.15) is 0 Å². The van der Waals surface area contributed by atoms with Crippen LogP contribution in [0.3, 0.4) is 0 Å². The van der Waals surface area contributed by atoms with Crippen molar-refractivity contribution in [2.45, 2.75) is 31.3 Å². The molecular weight excluding hydrogens is 394 g/mol. The van der Waals surface area contributed by atoms with Crippen molar-refractivity contribution in [1.82, 2.24) is 19.7 Å². The van der Waals surface area contributed by atoms with E-state index in [0.717, 1.165) is 11.4 Å². The molecule has 0 bridgehead atoms. The topological polar surface area (TPSA) is 72.7 Å². The molecule has 8 heteroatoms. The Morgan fingerprint density at radius 3 is 2.54 bits per heavy atom. The van der Waals surface area contributed by atoms with Crippen LogP contribution in [0.25, 0.3) is 11.4 Å². The largest absolute Gasteiger partial charge is 0.323 e. The zero-order valence-electron chi connectivity index (χ0n) is 16.2. The van der Waals surface area contributed by atoms with Gasteiger partial charge in [-0.05, 0) is 23.1 Å². The third kappa shape index (κ3) is 4.72. The van der Waals surface area contributed by atoms with Gasteiger partial charge in [-0.2, -0.15) is 0 Å². The number of halogens is 1. The molecule has 0 aliphatic rings. The Kier molecular flexibility index (Phi) is 6.05. The highest BCUT2D eigenvalue weighted by Gasteiger charge is 2.16. The molecule has 0 aliphatic heterocycles. The van der Waals surface area contributed by atoms with Crippen LogP contribution in [-0.2, 0) is 17.3 Å². The third-order valence-corrected chi connectivity index (χ3v) is 5.53. The fourth-order valence-corrected chi connectivity index (χ4v) is 3.48. The highest BCUT2D eigenvalue weighted by molar-refractivity contribution is 7.99. The number of pyridine rings is 1. The average Bonchev–Trinajstić information content (AvgIpc) is 3.02. The Bertz CT molecular complexity index is 979. The van der Waals surface area contributed by atoms with E-state index in [9.17, 15) is 4.79 Å². The smallest absolute Gasteiger partial charge is 0.234 e. The molecule has 0 radical (unpaired) electrons. The maximum atomic E-state index is 12.2. The van der Waals surface area contributed by atoms with Gasteiger partial charge in [-0.1, -0.05) is 68.4 Å². The highest BCUT2D eigenvalue weighted by Crippen LogP contribution is 2.27. The molecule has 6 nitrogen and oxygen atoms in total. The summed E-state index contributed by atoms with van der Waals surface area (Å²) < 4.78 is 1.89. The maximum Gasteiger partial charge on any atom is 0.234 e. The van der Waals surface area contributed by atoms with Gasteiger partial charge in [0.25, 0.3) is 0 Å². The van der Waals surface area contributed by atoms with Gasteiger partial charge < -0.3 is 9.88 Å². The van der Waals surface area contributed by atoms with E-state index < -0.39 is 0 Å². The number of hydrogen-bond donors (Lipinski definition) is 1. The lowest BCUT2D eigenvalue weighted by Crippen LogP contribution is -2.15. The first-order valence-electron chi connectivity index (χ1n) is 8.79. The van der Waals surface area contributed by atoms with Crippen LogP contribution in [0.5, 0.6) is 0 Å². The number of rotatable bonds is 5. The van der Waals surface area contributed by atoms with Gasteiger partial charge in [0, 0.05) is 18.8 Å². The van der Waals surface area contributed by atoms with Crippen LogP contribution in [0.1, 0.15) is 26.3 Å². The molecule has 0 atom stereocenters. The summed E-state index contributed by atoms with van der Waals surface area (Å²) in [6, 6.07) is 11.8. The fourth-order valence-electron chi connectivity index (χ4n) is 2.61. The highest BCUT2D eigenvalue weighted by atomic mass is 35.5. The zero-order valence-corrected chi connectivity index (χ0v) is 17.8. The lowest BCUT2D eigenvalue weighted by Gasteiger charge is -2.19. The lowest BCUT2D eigenvalue weighted by atomic mass is 9.87. The Balaban J connectivity index is 1.66. The fraction of sp³-hybridized carbons (Fsp3) is 0.300. The third-order valence-electron chi connectivity index (χ3n) is 4.21. The van der Waals surface area contributed by atoms with E-state index in [-0.39, 0.29) is 22.2 Å². The average molecular weight is 416 g/mol. The molecule has 1 amide bonds. The summed E-state index contributed by atoms with van der Waals surface area (Å²) in [5.41, 5.74) is 2.84. The Labute approximate surface area is 173 Å². The van der Waals surface area contributed by atoms with Crippen molar-refractivity contribution in [3.63, 3.8) is 0 Å². The molecule has 1 N–H and O–H groups in total. The first kappa shape index (κ1) is 20.4. The standard InChI is InChI=1S/C20H22ClN5OS/c1-20(2,3)14-9-7-13(8-10-14)18-24-25-19(26(18)4)28-12-16(27)23-15-6-5-11-22-17(15)21/h5-11H,12H2,1-4H3,(H,23,27). The summed E-state index contributed by atoms with van der Waals surface area (Å²) >= 11 is 7.28. The lowest BCUT2D eigenvalue weighted by molar-refractivity contribution is -0.113. The second kappa shape index (κ2) is 8.32. The van der Waals surface area contributed by atoms with Crippen molar-refractivity contribution in [2.75, 3.05) is 11.1 Å². The molecule has 0 fully saturated rings. The van der Waals surface area contributed by atoms with E-state index in [4.69, 9.17) is 11.6 Å². The number of amides is 1. The number of carbonyl (C=O) groups is 1. The minimum Gasteiger partial charge on any atom is -0.323 e. The number of nitrogens with one attached hydrogen (secondary N) is 1. The van der Waals surface area contributed by atoms with E-state index in [1.54, 1.807) is 18.3 Å². The Morgan fingerprint density at radius 1 is 1.18 bits per heavy atom. The number of benzene rings is 1. The normalized spacial score (nSPS) is 11.5. The van der Waals surface area contributed by atoms with E-state index in [1.807, 2.05) is 11.6 Å². The molecule has 2 heterocycles. The number of hydrogen-bond acceptors (Lipinski definition) is 5. The van der Waals surface area contributed by atoms with Crippen LogP contribution in [0.2, 0.25) is 5.15 Å². The Hall–Kier alpha value is -2.38. The molecule has 0 aliphatic carbocycles. The van der Waals surface area contributed by atoms with Gasteiger partial charge >= 0.3 is 0 Å². The molecule has 3 aromatic rings. The SMILES string of the molecule is Cn1c(SCC(=O)Nc2cccnc2Cl)nnc1-c1ccc(C(C)(C)C)cc1. The number of carbonyl (C=O) groups excluding carboxylic acids is 1. The summed E-state index contributed by atoms with van der Waals surface area (Å²) in [6.45, 7) is 6.55. The first-order chi connectivity index (χ1) is 13.3. The summed E-state index contributed by atoms with van der Waals surface area (Å²) in [4.78, 5) is 16.1. The summed E-state index contributed by atoms with van der Waals surface area (Å²) in [5.74, 6) is 0.776. The van der Waals surface area contributed by atoms with Gasteiger partial charge in [0.05, 0.1) is 11.4 Å². The predicted molar refractivity (Wildman–Crippen MR) is 114 cm³/mol. The number of thioether (sulfide) groups is 1. The monoisotopic (exact) mass is 415 g/mol. The molecule has 146 valence electrons. The number of aromatic nitrogens is 4. The van der Waals surface area contributed by atoms with Crippen molar-refractivity contribution in [3.8, 4) is 11.4 Å². The van der Waals surface area contributed by atoms with Crippen LogP contribution >= 0.6 is 23.4 Å². The molecule has 0 unspecified atom stereocenters. The molecule has 3 rings (SSSR count). The van der Waals surface area contributed by atoms with Gasteiger partial charge in [-0.15, -0.1) is 10.2 Å². The van der Waals surface area contributed by atoms with E-state index in [1.165, 1.54) is 17.3 Å². The summed E-state index contributed by atoms with van der Waals surface area (Å²) in [7, 11) is 1.89. The second-order valence-corrected chi connectivity index (χ2v) is 8.67. The summed E-state index contributed by atoms with van der Waals surface area (Å²) in [6.07, 6.45) is 1.57. The van der Waals surface area contributed by atoms with Gasteiger partial charge in [0.15, 0.2) is 16.1 Å². The molecule has 0 spiro atoms. The quantitative estimate of drug-likeness (QED) is 0.488. The van der Waals surface area contributed by atoms with Crippen LogP contribution in [0.15, 0.2) is 47.8 Å². The molecular formula is C20H22ClN5OS. The Morgan fingerprint density at radius 2 is 1.89 bits per heavy atom. The van der Waals surface area contributed by atoms with Crippen molar-refractivity contribution >= 4 is 35.0 Å². The number of anilines is 1. The summed E-state index contributed by atoms with van der Waals surface area (Å²) in [5, 5.41) is 12.2. The van der Waals surface area contributed by atoms with Crippen molar-refractivity contribution in [3.05, 3.63) is 53.3 Å². The first-order valence-corrected chi connectivity index (χ1v) is 10.2. The maximum absolute atomic E-state index is 12.2. The van der Waals surface area contributed by atoms with Gasteiger partial charge in [-0.3, -0.25) is 4.79 Å². The van der Waals surface area contributed by atoms with Crippen LogP contribution in [0, 0.1) is 0 Å². The van der Waals surface area contributed by atoms with Crippen LogP contribution in [-0.4, -0.2) is 31.4 Å². The van der Waals surface area contributed by atoms with Crippen LogP contribution in [0.4, 0.5) is 5.69 Å². The second-order valence-electron chi connectivity index (χ2n) is 7.37. The van der Waals surface area contributed by atoms with Crippen molar-refractivity contribution in [1.29, 1.82) is 0 Å².